The molecular formula is C13H13BrN4O3. The Bertz CT molecular complexity index is 701. The van der Waals surface area contributed by atoms with Crippen LogP contribution in [-0.4, -0.2) is 34.9 Å². The lowest BCUT2D eigenvalue weighted by Crippen LogP contribution is -2.29. The molecule has 1 aromatic heterocycles. The molecule has 0 aliphatic carbocycles. The second kappa shape index (κ2) is 5.36. The van der Waals surface area contributed by atoms with E-state index in [0.29, 0.717) is 17.4 Å². The zero-order valence-electron chi connectivity index (χ0n) is 11.5. The first-order valence-corrected chi connectivity index (χ1v) is 7.04. The zero-order chi connectivity index (χ0) is 15.0. The molecule has 0 radical (unpaired) electrons. The summed E-state index contributed by atoms with van der Waals surface area (Å²) in [7, 11) is 3.14. The number of rotatable bonds is 3. The van der Waals surface area contributed by atoms with E-state index >= 15 is 0 Å². The Morgan fingerprint density at radius 2 is 2.19 bits per heavy atom. The van der Waals surface area contributed by atoms with Crippen LogP contribution < -0.4 is 14.8 Å². The summed E-state index contributed by atoms with van der Waals surface area (Å²) in [4.78, 5) is 15.9. The molecule has 21 heavy (non-hydrogen) atoms. The maximum atomic E-state index is 11.9. The Hall–Kier alpha value is -2.09. The summed E-state index contributed by atoms with van der Waals surface area (Å²) in [6.07, 6.45) is 1.67. The molecule has 1 aliphatic heterocycles. The van der Waals surface area contributed by atoms with Crippen LogP contribution in [0.5, 0.6) is 11.5 Å². The first kappa shape index (κ1) is 13.9. The number of benzene rings is 1. The SMILES string of the molecule is COc1cc(Br)cc([C@@H]2CC(=O)Nc3ncnn32)c1OC. The molecule has 1 atom stereocenters. The molecule has 2 aromatic rings. The molecule has 1 amide bonds. The minimum atomic E-state index is -0.294. The average Bonchev–Trinajstić information content (AvgIpc) is 2.93. The van der Waals surface area contributed by atoms with Gasteiger partial charge in [-0.15, -0.1) is 0 Å². The highest BCUT2D eigenvalue weighted by Gasteiger charge is 2.31. The summed E-state index contributed by atoms with van der Waals surface area (Å²) in [6.45, 7) is 0. The first-order chi connectivity index (χ1) is 10.1. The number of amides is 1. The number of methoxy groups -OCH3 is 2. The number of nitrogens with one attached hydrogen (secondary N) is 1. The fourth-order valence-electron chi connectivity index (χ4n) is 2.45. The Morgan fingerprint density at radius 1 is 1.38 bits per heavy atom. The van der Waals surface area contributed by atoms with Gasteiger partial charge in [0.05, 0.1) is 26.7 Å². The average molecular weight is 353 g/mol. The zero-order valence-corrected chi connectivity index (χ0v) is 13.0. The van der Waals surface area contributed by atoms with Gasteiger partial charge in [-0.05, 0) is 12.1 Å². The third-order valence-corrected chi connectivity index (χ3v) is 3.79. The Kier molecular flexibility index (Phi) is 3.54. The summed E-state index contributed by atoms with van der Waals surface area (Å²) in [5.41, 5.74) is 0.810. The van der Waals surface area contributed by atoms with Gasteiger partial charge in [0.25, 0.3) is 0 Å². The molecule has 1 N–H and O–H groups in total. The quantitative estimate of drug-likeness (QED) is 0.913. The number of halogens is 1. The van der Waals surface area contributed by atoms with Crippen LogP contribution in [-0.2, 0) is 4.79 Å². The van der Waals surface area contributed by atoms with Crippen LogP contribution in [0.4, 0.5) is 5.95 Å². The third kappa shape index (κ3) is 2.35. The number of carbonyl (C=O) groups excluding carboxylic acids is 1. The minimum Gasteiger partial charge on any atom is -0.493 e. The van der Waals surface area contributed by atoms with Crippen molar-refractivity contribution in [3.63, 3.8) is 0 Å². The topological polar surface area (TPSA) is 78.3 Å². The van der Waals surface area contributed by atoms with Gasteiger partial charge in [0, 0.05) is 10.0 Å². The normalized spacial score (nSPS) is 17.1. The van der Waals surface area contributed by atoms with E-state index in [0.717, 1.165) is 10.0 Å². The lowest BCUT2D eigenvalue weighted by atomic mass is 10.0. The summed E-state index contributed by atoms with van der Waals surface area (Å²) in [5.74, 6) is 1.50. The molecule has 1 aliphatic rings. The van der Waals surface area contributed by atoms with Crippen molar-refractivity contribution >= 4 is 27.8 Å². The minimum absolute atomic E-state index is 0.110. The lowest BCUT2D eigenvalue weighted by molar-refractivity contribution is -0.117. The number of anilines is 1. The van der Waals surface area contributed by atoms with Crippen LogP contribution in [0.25, 0.3) is 0 Å². The first-order valence-electron chi connectivity index (χ1n) is 6.24. The highest BCUT2D eigenvalue weighted by molar-refractivity contribution is 9.10. The van der Waals surface area contributed by atoms with Crippen molar-refractivity contribution in [2.24, 2.45) is 0 Å². The Morgan fingerprint density at radius 3 is 2.90 bits per heavy atom. The van der Waals surface area contributed by atoms with Gasteiger partial charge in [-0.2, -0.15) is 10.1 Å². The number of ether oxygens (including phenoxy) is 2. The van der Waals surface area contributed by atoms with Crippen molar-refractivity contribution in [2.75, 3.05) is 19.5 Å². The molecule has 0 saturated carbocycles. The number of aromatic nitrogens is 3. The molecule has 7 nitrogen and oxygen atoms in total. The predicted octanol–water partition coefficient (Wildman–Crippen LogP) is 1.99. The number of fused-ring (bicyclic) bond motifs is 1. The van der Waals surface area contributed by atoms with Gasteiger partial charge in [0.2, 0.25) is 11.9 Å². The number of carbonyl (C=O) groups is 1. The molecule has 0 fully saturated rings. The van der Waals surface area contributed by atoms with Gasteiger partial charge in [0.15, 0.2) is 11.5 Å². The second-order valence-electron chi connectivity index (χ2n) is 4.53. The molecule has 3 rings (SSSR count). The van der Waals surface area contributed by atoms with Gasteiger partial charge in [-0.1, -0.05) is 15.9 Å². The van der Waals surface area contributed by atoms with Gasteiger partial charge in [0.1, 0.15) is 6.33 Å². The molecule has 110 valence electrons. The van der Waals surface area contributed by atoms with Crippen LogP contribution >= 0.6 is 15.9 Å². The van der Waals surface area contributed by atoms with E-state index in [1.807, 2.05) is 12.1 Å². The molecule has 0 saturated heterocycles. The maximum Gasteiger partial charge on any atom is 0.229 e. The van der Waals surface area contributed by atoms with Gasteiger partial charge in [-0.25, -0.2) is 4.68 Å². The van der Waals surface area contributed by atoms with Crippen LogP contribution in [0.1, 0.15) is 18.0 Å². The molecule has 8 heteroatoms. The van der Waals surface area contributed by atoms with Crippen molar-refractivity contribution < 1.29 is 14.3 Å². The molecule has 2 heterocycles. The molecule has 0 bridgehead atoms. The predicted molar refractivity (Wildman–Crippen MR) is 78.7 cm³/mol. The molecular weight excluding hydrogens is 340 g/mol. The van der Waals surface area contributed by atoms with E-state index in [9.17, 15) is 4.79 Å². The van der Waals surface area contributed by atoms with E-state index in [2.05, 4.69) is 31.3 Å². The maximum absolute atomic E-state index is 11.9. The van der Waals surface area contributed by atoms with Crippen LogP contribution in [0.15, 0.2) is 22.9 Å². The van der Waals surface area contributed by atoms with Crippen LogP contribution in [0, 0.1) is 0 Å². The lowest BCUT2D eigenvalue weighted by Gasteiger charge is -2.26. The number of nitrogens with zero attached hydrogens (tertiary/aromatic N) is 3. The summed E-state index contributed by atoms with van der Waals surface area (Å²) in [5, 5.41) is 6.88. The van der Waals surface area contributed by atoms with E-state index in [4.69, 9.17) is 9.47 Å². The summed E-state index contributed by atoms with van der Waals surface area (Å²) in [6, 6.07) is 3.42. The molecule has 0 unspecified atom stereocenters. The van der Waals surface area contributed by atoms with Crippen molar-refractivity contribution in [1.29, 1.82) is 0 Å². The highest BCUT2D eigenvalue weighted by atomic mass is 79.9. The number of hydrogen-bond acceptors (Lipinski definition) is 5. The van der Waals surface area contributed by atoms with E-state index in [1.165, 1.54) is 6.33 Å². The summed E-state index contributed by atoms with van der Waals surface area (Å²) < 4.78 is 13.3. The second-order valence-corrected chi connectivity index (χ2v) is 5.44. The van der Waals surface area contributed by atoms with E-state index in [-0.39, 0.29) is 18.4 Å². The number of hydrogen-bond donors (Lipinski definition) is 1. The van der Waals surface area contributed by atoms with E-state index < -0.39 is 0 Å². The van der Waals surface area contributed by atoms with E-state index in [1.54, 1.807) is 18.9 Å². The molecule has 0 spiro atoms. The fraction of sp³-hybridized carbons (Fsp3) is 0.308. The van der Waals surface area contributed by atoms with Gasteiger partial charge < -0.3 is 9.47 Å². The Labute approximate surface area is 129 Å². The highest BCUT2D eigenvalue weighted by Crippen LogP contribution is 2.41. The largest absolute Gasteiger partial charge is 0.493 e. The van der Waals surface area contributed by atoms with Crippen LogP contribution in [0.2, 0.25) is 0 Å². The standard InChI is InChI=1S/C13H13BrN4O3/c1-20-10-4-7(14)3-8(12(10)21-2)9-5-11(19)17-13-15-6-16-18(9)13/h3-4,6,9H,5H2,1-2H3,(H,15,16,17,19)/t9-/m0/s1. The fourth-order valence-corrected chi connectivity index (χ4v) is 2.91. The van der Waals surface area contributed by atoms with Crippen molar-refractivity contribution in [3.8, 4) is 11.5 Å². The van der Waals surface area contributed by atoms with Crippen molar-refractivity contribution in [1.82, 2.24) is 14.8 Å². The Balaban J connectivity index is 2.17. The third-order valence-electron chi connectivity index (χ3n) is 3.33. The van der Waals surface area contributed by atoms with Gasteiger partial charge in [-0.3, -0.25) is 10.1 Å². The van der Waals surface area contributed by atoms with Gasteiger partial charge >= 0.3 is 0 Å². The smallest absolute Gasteiger partial charge is 0.229 e. The van der Waals surface area contributed by atoms with Crippen LogP contribution in [0.3, 0.4) is 0 Å². The molecule has 1 aromatic carbocycles. The summed E-state index contributed by atoms with van der Waals surface area (Å²) >= 11 is 3.45. The van der Waals surface area contributed by atoms with Crippen molar-refractivity contribution in [2.45, 2.75) is 12.5 Å². The monoisotopic (exact) mass is 352 g/mol. The van der Waals surface area contributed by atoms with Crippen molar-refractivity contribution in [3.05, 3.63) is 28.5 Å².